The van der Waals surface area contributed by atoms with E-state index in [1.54, 1.807) is 0 Å². The number of hydrogen-bond donors (Lipinski definition) is 1. The first kappa shape index (κ1) is 14.4. The predicted molar refractivity (Wildman–Crippen MR) is 81.0 cm³/mol. The van der Waals surface area contributed by atoms with Crippen LogP contribution in [-0.4, -0.2) is 5.25 Å². The van der Waals surface area contributed by atoms with Crippen LogP contribution in [0.4, 0.5) is 0 Å². The molecule has 0 nitrogen and oxygen atoms in total. The number of thiol groups is 1. The van der Waals surface area contributed by atoms with Crippen LogP contribution < -0.4 is 0 Å². The molecule has 0 aromatic heterocycles. The monoisotopic (exact) mass is 248 g/mol. The average molecular weight is 248 g/mol. The third-order valence-corrected chi connectivity index (χ3v) is 3.99. The Balaban J connectivity index is 2.59. The molecule has 0 fully saturated rings. The van der Waals surface area contributed by atoms with Gasteiger partial charge in [-0.05, 0) is 35.8 Å². The van der Waals surface area contributed by atoms with E-state index in [0.29, 0.717) is 17.1 Å². The molecule has 1 aromatic rings. The highest BCUT2D eigenvalue weighted by atomic mass is 32.1. The second-order valence-electron chi connectivity index (χ2n) is 5.17. The van der Waals surface area contributed by atoms with Crippen LogP contribution in [-0.2, 0) is 6.42 Å². The molecule has 1 rings (SSSR count). The zero-order valence-corrected chi connectivity index (χ0v) is 12.1. The minimum Gasteiger partial charge on any atom is -0.175 e. The van der Waals surface area contributed by atoms with E-state index in [-0.39, 0.29) is 0 Å². The minimum atomic E-state index is 0.414. The summed E-state index contributed by atoms with van der Waals surface area (Å²) in [6.07, 6.45) is 4.03. The Morgan fingerprint density at radius 1 is 1.18 bits per heavy atom. The van der Waals surface area contributed by atoms with Crippen LogP contribution in [0.2, 0.25) is 0 Å². The van der Waals surface area contributed by atoms with Crippen molar-refractivity contribution in [2.75, 3.05) is 0 Å². The van der Waals surface area contributed by atoms with Gasteiger partial charge < -0.3 is 0 Å². The summed E-state index contributed by atoms with van der Waals surface area (Å²) >= 11 is 4.62. The molecule has 0 amide bonds. The molecule has 0 heterocycles. The molecule has 0 N–H and O–H groups in total. The van der Waals surface area contributed by atoms with Gasteiger partial charge in [-0.15, -0.1) is 6.58 Å². The van der Waals surface area contributed by atoms with Gasteiger partial charge in [0.15, 0.2) is 0 Å². The Hall–Kier alpha value is -0.690. The van der Waals surface area contributed by atoms with Gasteiger partial charge in [0.05, 0.1) is 0 Å². The molecule has 17 heavy (non-hydrogen) atoms. The molecule has 94 valence electrons. The molecular formula is C16H24S. The van der Waals surface area contributed by atoms with Crippen molar-refractivity contribution in [2.24, 2.45) is 5.92 Å². The van der Waals surface area contributed by atoms with Gasteiger partial charge in [0.1, 0.15) is 0 Å². The molecule has 0 spiro atoms. The molecule has 0 aliphatic heterocycles. The minimum absolute atomic E-state index is 0.414. The maximum absolute atomic E-state index is 4.62. The summed E-state index contributed by atoms with van der Waals surface area (Å²) in [6.45, 7) is 10.5. The number of allylic oxidation sites excluding steroid dienone is 1. The van der Waals surface area contributed by atoms with Crippen molar-refractivity contribution < 1.29 is 0 Å². The predicted octanol–water partition coefficient (Wildman–Crippen LogP) is 4.86. The second kappa shape index (κ2) is 6.90. The first-order valence-electron chi connectivity index (χ1n) is 6.42. The lowest BCUT2D eigenvalue weighted by molar-refractivity contribution is 0.554. The van der Waals surface area contributed by atoms with Gasteiger partial charge in [0, 0.05) is 5.25 Å². The van der Waals surface area contributed by atoms with Gasteiger partial charge in [-0.2, -0.15) is 12.6 Å². The summed E-state index contributed by atoms with van der Waals surface area (Å²) in [6, 6.07) is 8.99. The smallest absolute Gasteiger partial charge is 0.00800 e. The van der Waals surface area contributed by atoms with Crippen molar-refractivity contribution in [3.05, 3.63) is 48.0 Å². The first-order valence-corrected chi connectivity index (χ1v) is 6.94. The Labute approximate surface area is 112 Å². The zero-order valence-electron chi connectivity index (χ0n) is 11.2. The zero-order chi connectivity index (χ0) is 12.8. The maximum atomic E-state index is 4.62. The number of hydrogen-bond acceptors (Lipinski definition) is 1. The number of rotatable bonds is 6. The van der Waals surface area contributed by atoms with E-state index in [4.69, 9.17) is 0 Å². The Morgan fingerprint density at radius 3 is 2.24 bits per heavy atom. The van der Waals surface area contributed by atoms with E-state index in [1.807, 2.05) is 6.08 Å². The lowest BCUT2D eigenvalue weighted by Gasteiger charge is -2.18. The topological polar surface area (TPSA) is 0 Å². The molecule has 1 aromatic carbocycles. The van der Waals surface area contributed by atoms with E-state index >= 15 is 0 Å². The van der Waals surface area contributed by atoms with E-state index in [2.05, 4.69) is 64.2 Å². The lowest BCUT2D eigenvalue weighted by atomic mass is 9.94. The molecule has 0 bridgehead atoms. The van der Waals surface area contributed by atoms with Crippen LogP contribution >= 0.6 is 12.6 Å². The Kier molecular flexibility index (Phi) is 5.84. The first-order chi connectivity index (χ1) is 8.04. The van der Waals surface area contributed by atoms with Crippen molar-refractivity contribution in [3.63, 3.8) is 0 Å². The summed E-state index contributed by atoms with van der Waals surface area (Å²) in [4.78, 5) is 0. The molecule has 0 radical (unpaired) electrons. The molecular weight excluding hydrogens is 224 g/mol. The standard InChI is InChI=1S/C16H24S/c1-5-6-16(17)13(4)11-14-7-9-15(10-8-14)12(2)3/h5,7-10,12-13,16-17H,1,6,11H2,2-4H3. The molecule has 1 heteroatoms. The second-order valence-corrected chi connectivity index (χ2v) is 5.83. The third kappa shape index (κ3) is 4.59. The molecule has 0 aliphatic rings. The highest BCUT2D eigenvalue weighted by molar-refractivity contribution is 7.81. The normalized spacial score (nSPS) is 14.6. The van der Waals surface area contributed by atoms with E-state index in [9.17, 15) is 0 Å². The largest absolute Gasteiger partial charge is 0.175 e. The SMILES string of the molecule is C=CCC(S)C(C)Cc1ccc(C(C)C)cc1. The summed E-state index contributed by atoms with van der Waals surface area (Å²) in [5.74, 6) is 1.20. The van der Waals surface area contributed by atoms with Crippen molar-refractivity contribution in [2.45, 2.75) is 44.8 Å². The molecule has 0 saturated heterocycles. The summed E-state index contributed by atoms with van der Waals surface area (Å²) in [7, 11) is 0. The van der Waals surface area contributed by atoms with Crippen molar-refractivity contribution in [3.8, 4) is 0 Å². The summed E-state index contributed by atoms with van der Waals surface area (Å²) in [5, 5.41) is 0.414. The van der Waals surface area contributed by atoms with Crippen LogP contribution in [0.5, 0.6) is 0 Å². The molecule has 0 aliphatic carbocycles. The fourth-order valence-electron chi connectivity index (χ4n) is 1.95. The van der Waals surface area contributed by atoms with Gasteiger partial charge in [-0.1, -0.05) is 51.1 Å². The molecule has 0 saturated carbocycles. The van der Waals surface area contributed by atoms with Crippen LogP contribution in [0.3, 0.4) is 0 Å². The third-order valence-electron chi connectivity index (χ3n) is 3.27. The highest BCUT2D eigenvalue weighted by Crippen LogP contribution is 2.21. The summed E-state index contributed by atoms with van der Waals surface area (Å²) < 4.78 is 0. The Bertz CT molecular complexity index is 337. The Morgan fingerprint density at radius 2 is 1.76 bits per heavy atom. The van der Waals surface area contributed by atoms with Gasteiger partial charge >= 0.3 is 0 Å². The van der Waals surface area contributed by atoms with E-state index in [1.165, 1.54) is 11.1 Å². The van der Waals surface area contributed by atoms with E-state index in [0.717, 1.165) is 12.8 Å². The van der Waals surface area contributed by atoms with Crippen molar-refractivity contribution >= 4 is 12.6 Å². The van der Waals surface area contributed by atoms with Crippen LogP contribution in [0.1, 0.15) is 44.2 Å². The average Bonchev–Trinajstić information content (AvgIpc) is 2.30. The maximum Gasteiger partial charge on any atom is 0.00800 e. The number of benzene rings is 1. The van der Waals surface area contributed by atoms with Gasteiger partial charge in [0.2, 0.25) is 0 Å². The van der Waals surface area contributed by atoms with E-state index < -0.39 is 0 Å². The van der Waals surface area contributed by atoms with Gasteiger partial charge in [0.25, 0.3) is 0 Å². The van der Waals surface area contributed by atoms with Crippen LogP contribution in [0, 0.1) is 5.92 Å². The van der Waals surface area contributed by atoms with Crippen LogP contribution in [0.15, 0.2) is 36.9 Å². The highest BCUT2D eigenvalue weighted by Gasteiger charge is 2.12. The van der Waals surface area contributed by atoms with Crippen molar-refractivity contribution in [1.29, 1.82) is 0 Å². The summed E-state index contributed by atoms with van der Waals surface area (Å²) in [5.41, 5.74) is 2.82. The van der Waals surface area contributed by atoms with Gasteiger partial charge in [-0.25, -0.2) is 0 Å². The quantitative estimate of drug-likeness (QED) is 0.539. The molecule has 2 unspecified atom stereocenters. The fourth-order valence-corrected chi connectivity index (χ4v) is 2.20. The lowest BCUT2D eigenvalue weighted by Crippen LogP contribution is -2.13. The molecule has 2 atom stereocenters. The van der Waals surface area contributed by atoms with Gasteiger partial charge in [-0.3, -0.25) is 0 Å². The van der Waals surface area contributed by atoms with Crippen LogP contribution in [0.25, 0.3) is 0 Å². The van der Waals surface area contributed by atoms with Crippen molar-refractivity contribution in [1.82, 2.24) is 0 Å². The fraction of sp³-hybridized carbons (Fsp3) is 0.500.